The number of rotatable bonds is 8. The van der Waals surface area contributed by atoms with Gasteiger partial charge in [0, 0.05) is 6.42 Å². The number of nitrogens with one attached hydrogen (secondary N) is 1. The molecular weight excluding hydrogens is 389 g/mol. The van der Waals surface area contributed by atoms with Crippen LogP contribution < -0.4 is 21.5 Å². The lowest BCUT2D eigenvalue weighted by molar-refractivity contribution is -0.128. The molecule has 2 aromatic carbocycles. The largest absolute Gasteiger partial charge is 0.497 e. The number of benzene rings is 2. The number of nitrogens with two attached hydrogens (primary N) is 2. The molecule has 0 radical (unpaired) electrons. The monoisotopic (exact) mass is 409 g/mol. The Balaban J connectivity index is 2.00. The molecule has 0 unspecified atom stereocenters. The van der Waals surface area contributed by atoms with Gasteiger partial charge in [-0.2, -0.15) is 0 Å². The van der Waals surface area contributed by atoms with Crippen LogP contribution in [0.15, 0.2) is 42.5 Å². The summed E-state index contributed by atoms with van der Waals surface area (Å²) in [7, 11) is 1.57. The van der Waals surface area contributed by atoms with Crippen LogP contribution in [0.2, 0.25) is 10.0 Å². The minimum atomic E-state index is -0.870. The van der Waals surface area contributed by atoms with Gasteiger partial charge in [-0.1, -0.05) is 41.4 Å². The van der Waals surface area contributed by atoms with Gasteiger partial charge in [0.05, 0.1) is 23.2 Å². The lowest BCUT2D eigenvalue weighted by Gasteiger charge is -2.19. The Morgan fingerprint density at radius 2 is 1.67 bits per heavy atom. The zero-order chi connectivity index (χ0) is 20.0. The van der Waals surface area contributed by atoms with E-state index < -0.39 is 23.9 Å². The number of halogens is 2. The molecule has 6 nitrogen and oxygen atoms in total. The third kappa shape index (κ3) is 6.13. The first-order valence-corrected chi connectivity index (χ1v) is 8.98. The molecule has 2 atom stereocenters. The number of amides is 2. The van der Waals surface area contributed by atoms with E-state index in [0.717, 1.165) is 11.1 Å². The maximum absolute atomic E-state index is 12.4. The molecule has 0 bridgehead atoms. The standard InChI is InChI=1S/C19H21Cl2N3O3/c1-27-13-5-2-11(3-6-13)10-17(18(23)25)24-19(26)16(22)9-12-4-7-14(20)15(21)8-12/h2-8,16-17H,9-10,22H2,1H3,(H2,23,25)(H,24,26)/t16-,17-/m0/s1. The van der Waals surface area contributed by atoms with Crippen LogP contribution in [0, 0.1) is 0 Å². The number of hydrogen-bond acceptors (Lipinski definition) is 4. The first-order valence-electron chi connectivity index (χ1n) is 8.22. The molecular formula is C19H21Cl2N3O3. The van der Waals surface area contributed by atoms with Crippen molar-refractivity contribution in [2.45, 2.75) is 24.9 Å². The molecule has 8 heteroatoms. The quantitative estimate of drug-likeness (QED) is 0.619. The van der Waals surface area contributed by atoms with Crippen molar-refractivity contribution in [2.75, 3.05) is 7.11 Å². The fraction of sp³-hybridized carbons (Fsp3) is 0.263. The summed E-state index contributed by atoms with van der Waals surface area (Å²) >= 11 is 11.8. The molecule has 2 aromatic rings. The lowest BCUT2D eigenvalue weighted by atomic mass is 10.0. The second kappa shape index (κ2) is 9.60. The van der Waals surface area contributed by atoms with Gasteiger partial charge in [0.15, 0.2) is 0 Å². The van der Waals surface area contributed by atoms with Gasteiger partial charge in [-0.15, -0.1) is 0 Å². The van der Waals surface area contributed by atoms with Crippen LogP contribution in [0.1, 0.15) is 11.1 Å². The van der Waals surface area contributed by atoms with Gasteiger partial charge in [-0.25, -0.2) is 0 Å². The number of carbonyl (C=O) groups is 2. The van der Waals surface area contributed by atoms with Crippen molar-refractivity contribution in [2.24, 2.45) is 11.5 Å². The van der Waals surface area contributed by atoms with E-state index >= 15 is 0 Å². The first-order chi connectivity index (χ1) is 12.8. The molecule has 0 spiro atoms. The Hall–Kier alpha value is -2.28. The van der Waals surface area contributed by atoms with E-state index in [0.29, 0.717) is 15.8 Å². The van der Waals surface area contributed by atoms with Gasteiger partial charge in [0.1, 0.15) is 11.8 Å². The van der Waals surface area contributed by atoms with Crippen LogP contribution in [0.5, 0.6) is 5.75 Å². The third-order valence-electron chi connectivity index (χ3n) is 4.04. The zero-order valence-corrected chi connectivity index (χ0v) is 16.3. The van der Waals surface area contributed by atoms with E-state index in [-0.39, 0.29) is 12.8 Å². The zero-order valence-electron chi connectivity index (χ0n) is 14.7. The Morgan fingerprint density at radius 3 is 2.22 bits per heavy atom. The number of primary amides is 1. The predicted molar refractivity (Wildman–Crippen MR) is 106 cm³/mol. The van der Waals surface area contributed by atoms with Crippen LogP contribution in [-0.2, 0) is 22.4 Å². The summed E-state index contributed by atoms with van der Waals surface area (Å²) in [5.74, 6) is -0.415. The maximum atomic E-state index is 12.4. The summed E-state index contributed by atoms with van der Waals surface area (Å²) in [6, 6.07) is 10.4. The van der Waals surface area contributed by atoms with E-state index in [2.05, 4.69) is 5.32 Å². The smallest absolute Gasteiger partial charge is 0.240 e. The van der Waals surface area contributed by atoms with E-state index in [1.165, 1.54) is 0 Å². The van der Waals surface area contributed by atoms with Gasteiger partial charge in [0.25, 0.3) is 0 Å². The molecule has 0 saturated carbocycles. The summed E-state index contributed by atoms with van der Waals surface area (Å²) in [5.41, 5.74) is 13.0. The number of ether oxygens (including phenoxy) is 1. The summed E-state index contributed by atoms with van der Waals surface area (Å²) < 4.78 is 5.09. The van der Waals surface area contributed by atoms with Crippen molar-refractivity contribution in [3.63, 3.8) is 0 Å². The van der Waals surface area contributed by atoms with Crippen molar-refractivity contribution in [3.8, 4) is 5.75 Å². The van der Waals surface area contributed by atoms with Gasteiger partial charge in [0.2, 0.25) is 11.8 Å². The van der Waals surface area contributed by atoms with Gasteiger partial charge in [-0.05, 0) is 41.8 Å². The Labute approximate surface area is 167 Å². The molecule has 0 heterocycles. The number of carbonyl (C=O) groups excluding carboxylic acids is 2. The first kappa shape index (κ1) is 21.0. The Kier molecular flexibility index (Phi) is 7.47. The minimum Gasteiger partial charge on any atom is -0.497 e. The third-order valence-corrected chi connectivity index (χ3v) is 4.77. The molecule has 0 aliphatic rings. The van der Waals surface area contributed by atoms with Crippen LogP contribution in [0.4, 0.5) is 0 Å². The fourth-order valence-electron chi connectivity index (χ4n) is 2.51. The molecule has 0 aliphatic carbocycles. The van der Waals surface area contributed by atoms with E-state index in [1.54, 1.807) is 49.6 Å². The van der Waals surface area contributed by atoms with Crippen LogP contribution >= 0.6 is 23.2 Å². The van der Waals surface area contributed by atoms with Gasteiger partial charge >= 0.3 is 0 Å². The average molecular weight is 410 g/mol. The Morgan fingerprint density at radius 1 is 1.04 bits per heavy atom. The van der Waals surface area contributed by atoms with Crippen molar-refractivity contribution in [3.05, 3.63) is 63.6 Å². The van der Waals surface area contributed by atoms with Gasteiger partial charge < -0.3 is 21.5 Å². The second-order valence-corrected chi connectivity index (χ2v) is 6.89. The predicted octanol–water partition coefficient (Wildman–Crippen LogP) is 2.08. The normalized spacial score (nSPS) is 12.9. The Bertz CT molecular complexity index is 812. The van der Waals surface area contributed by atoms with E-state index in [4.69, 9.17) is 39.4 Å². The number of hydrogen-bond donors (Lipinski definition) is 3. The highest BCUT2D eigenvalue weighted by molar-refractivity contribution is 6.42. The fourth-order valence-corrected chi connectivity index (χ4v) is 2.83. The maximum Gasteiger partial charge on any atom is 0.240 e. The molecule has 0 saturated heterocycles. The van der Waals surface area contributed by atoms with Crippen molar-refractivity contribution >= 4 is 35.0 Å². The van der Waals surface area contributed by atoms with Gasteiger partial charge in [-0.3, -0.25) is 9.59 Å². The highest BCUT2D eigenvalue weighted by Crippen LogP contribution is 2.23. The molecule has 5 N–H and O–H groups in total. The summed E-state index contributed by atoms with van der Waals surface area (Å²) in [4.78, 5) is 24.1. The molecule has 2 rings (SSSR count). The highest BCUT2D eigenvalue weighted by Gasteiger charge is 2.22. The van der Waals surface area contributed by atoms with Crippen LogP contribution in [0.3, 0.4) is 0 Å². The summed E-state index contributed by atoms with van der Waals surface area (Å²) in [6.45, 7) is 0. The average Bonchev–Trinajstić information content (AvgIpc) is 2.64. The summed E-state index contributed by atoms with van der Waals surface area (Å²) in [5, 5.41) is 3.42. The molecule has 27 heavy (non-hydrogen) atoms. The molecule has 2 amide bonds. The topological polar surface area (TPSA) is 107 Å². The van der Waals surface area contributed by atoms with Crippen LogP contribution in [-0.4, -0.2) is 31.0 Å². The van der Waals surface area contributed by atoms with E-state index in [1.807, 2.05) is 0 Å². The minimum absolute atomic E-state index is 0.247. The molecule has 0 fully saturated rings. The lowest BCUT2D eigenvalue weighted by Crippen LogP contribution is -2.51. The van der Waals surface area contributed by atoms with Crippen LogP contribution in [0.25, 0.3) is 0 Å². The van der Waals surface area contributed by atoms with E-state index in [9.17, 15) is 9.59 Å². The molecule has 0 aromatic heterocycles. The summed E-state index contributed by atoms with van der Waals surface area (Å²) in [6.07, 6.45) is 0.501. The van der Waals surface area contributed by atoms with Crippen molar-refractivity contribution < 1.29 is 14.3 Å². The highest BCUT2D eigenvalue weighted by atomic mass is 35.5. The second-order valence-electron chi connectivity index (χ2n) is 6.07. The number of methoxy groups -OCH3 is 1. The molecule has 0 aliphatic heterocycles. The van der Waals surface area contributed by atoms with Crippen molar-refractivity contribution in [1.29, 1.82) is 0 Å². The van der Waals surface area contributed by atoms with Crippen molar-refractivity contribution in [1.82, 2.24) is 5.32 Å². The molecule has 144 valence electrons. The SMILES string of the molecule is COc1ccc(C[C@H](NC(=O)[C@@H](N)Cc2ccc(Cl)c(Cl)c2)C(N)=O)cc1.